The van der Waals surface area contributed by atoms with E-state index in [-0.39, 0.29) is 23.8 Å². The molecule has 1 aromatic heterocycles. The summed E-state index contributed by atoms with van der Waals surface area (Å²) in [5.41, 5.74) is 8.50. The number of nitrogens with one attached hydrogen (secondary N) is 1. The second-order valence-corrected chi connectivity index (χ2v) is 7.17. The molecule has 0 saturated heterocycles. The molecule has 1 heterocycles. The van der Waals surface area contributed by atoms with Gasteiger partial charge in [0.15, 0.2) is 0 Å². The van der Waals surface area contributed by atoms with Gasteiger partial charge < -0.3 is 11.1 Å². The lowest BCUT2D eigenvalue weighted by atomic mass is 9.91. The molecule has 0 bridgehead atoms. The molecule has 0 atom stereocenters. The molecule has 4 rings (SSSR count). The number of nitrogens with zero attached hydrogens (tertiary/aromatic N) is 1. The molecule has 2 aromatic carbocycles. The number of benzene rings is 2. The first-order valence-corrected chi connectivity index (χ1v) is 9.32. The summed E-state index contributed by atoms with van der Waals surface area (Å²) in [4.78, 5) is 17.6. The largest absolute Gasteiger partial charge is 0.349 e. The number of pyridine rings is 1. The summed E-state index contributed by atoms with van der Waals surface area (Å²) < 4.78 is 13.8. The van der Waals surface area contributed by atoms with Crippen LogP contribution in [0, 0.1) is 5.82 Å². The van der Waals surface area contributed by atoms with E-state index < -0.39 is 0 Å². The number of hydrogen-bond donors (Lipinski definition) is 2. The lowest BCUT2D eigenvalue weighted by molar-refractivity contribution is 0.0927. The van der Waals surface area contributed by atoms with Gasteiger partial charge in [-0.25, -0.2) is 9.37 Å². The normalized spacial score (nSPS) is 19.8. The SMILES string of the molecule is NC1CCC(NC(=O)c2cc(-c3ccccc3)nc3cc(F)ccc23)CC1. The fourth-order valence-corrected chi connectivity index (χ4v) is 3.67. The van der Waals surface area contributed by atoms with Gasteiger partial charge in [-0.15, -0.1) is 0 Å². The molecule has 3 aromatic rings. The molecule has 1 fully saturated rings. The van der Waals surface area contributed by atoms with Crippen molar-refractivity contribution in [2.45, 2.75) is 37.8 Å². The van der Waals surface area contributed by atoms with Crippen LogP contribution in [0.4, 0.5) is 4.39 Å². The van der Waals surface area contributed by atoms with Crippen LogP contribution in [0.15, 0.2) is 54.6 Å². The van der Waals surface area contributed by atoms with Crippen molar-refractivity contribution < 1.29 is 9.18 Å². The number of aromatic nitrogens is 1. The third-order valence-corrected chi connectivity index (χ3v) is 5.19. The number of hydrogen-bond acceptors (Lipinski definition) is 3. The third kappa shape index (κ3) is 3.83. The van der Waals surface area contributed by atoms with Crippen LogP contribution in [-0.4, -0.2) is 23.0 Å². The number of fused-ring (bicyclic) bond motifs is 1. The van der Waals surface area contributed by atoms with E-state index in [0.717, 1.165) is 31.2 Å². The van der Waals surface area contributed by atoms with Crippen molar-refractivity contribution >= 4 is 16.8 Å². The van der Waals surface area contributed by atoms with E-state index in [9.17, 15) is 9.18 Å². The predicted octanol–water partition coefficient (Wildman–Crippen LogP) is 4.04. The van der Waals surface area contributed by atoms with Crippen LogP contribution >= 0.6 is 0 Å². The molecule has 0 spiro atoms. The molecule has 27 heavy (non-hydrogen) atoms. The minimum atomic E-state index is -0.368. The van der Waals surface area contributed by atoms with Gasteiger partial charge in [0.25, 0.3) is 5.91 Å². The fraction of sp³-hybridized carbons (Fsp3) is 0.273. The van der Waals surface area contributed by atoms with Crippen molar-refractivity contribution in [1.82, 2.24) is 10.3 Å². The zero-order valence-corrected chi connectivity index (χ0v) is 15.0. The highest BCUT2D eigenvalue weighted by Gasteiger charge is 2.22. The summed E-state index contributed by atoms with van der Waals surface area (Å²) >= 11 is 0. The van der Waals surface area contributed by atoms with Gasteiger partial charge in [-0.3, -0.25) is 4.79 Å². The van der Waals surface area contributed by atoms with Gasteiger partial charge in [-0.05, 0) is 43.9 Å². The van der Waals surface area contributed by atoms with Crippen molar-refractivity contribution in [1.29, 1.82) is 0 Å². The van der Waals surface area contributed by atoms with Crippen molar-refractivity contribution in [3.8, 4) is 11.3 Å². The Morgan fingerprint density at radius 1 is 1.04 bits per heavy atom. The molecule has 138 valence electrons. The standard InChI is InChI=1S/C22H22FN3O/c23-15-6-11-18-19(22(27)25-17-9-7-16(24)8-10-17)13-20(26-21(18)12-15)14-4-2-1-3-5-14/h1-6,11-13,16-17H,7-10,24H2,(H,25,27). The first kappa shape index (κ1) is 17.6. The second kappa shape index (κ2) is 7.45. The molecular formula is C22H22FN3O. The Morgan fingerprint density at radius 2 is 1.78 bits per heavy atom. The Kier molecular flexibility index (Phi) is 4.86. The van der Waals surface area contributed by atoms with Crippen molar-refractivity contribution in [2.24, 2.45) is 5.73 Å². The average molecular weight is 363 g/mol. The maximum absolute atomic E-state index is 13.8. The van der Waals surface area contributed by atoms with Crippen molar-refractivity contribution in [3.05, 3.63) is 66.0 Å². The minimum Gasteiger partial charge on any atom is -0.349 e. The van der Waals surface area contributed by atoms with E-state index in [1.807, 2.05) is 30.3 Å². The Balaban J connectivity index is 1.72. The van der Waals surface area contributed by atoms with Gasteiger partial charge in [-0.1, -0.05) is 30.3 Å². The predicted molar refractivity (Wildman–Crippen MR) is 105 cm³/mol. The highest BCUT2D eigenvalue weighted by molar-refractivity contribution is 6.07. The maximum Gasteiger partial charge on any atom is 0.252 e. The van der Waals surface area contributed by atoms with Gasteiger partial charge in [-0.2, -0.15) is 0 Å². The van der Waals surface area contributed by atoms with Crippen LogP contribution in [-0.2, 0) is 0 Å². The van der Waals surface area contributed by atoms with Gasteiger partial charge in [0.05, 0.1) is 16.8 Å². The molecule has 4 nitrogen and oxygen atoms in total. The number of nitrogens with two attached hydrogens (primary N) is 1. The topological polar surface area (TPSA) is 68.0 Å². The number of rotatable bonds is 3. The molecular weight excluding hydrogens is 341 g/mol. The minimum absolute atomic E-state index is 0.126. The summed E-state index contributed by atoms with van der Waals surface area (Å²) in [6.07, 6.45) is 3.61. The fourth-order valence-electron chi connectivity index (χ4n) is 3.67. The Bertz CT molecular complexity index is 966. The van der Waals surface area contributed by atoms with E-state index in [0.29, 0.717) is 22.2 Å². The highest BCUT2D eigenvalue weighted by atomic mass is 19.1. The number of halogens is 1. The molecule has 0 aliphatic heterocycles. The molecule has 1 aliphatic carbocycles. The first-order valence-electron chi connectivity index (χ1n) is 9.32. The van der Waals surface area contributed by atoms with E-state index in [4.69, 9.17) is 5.73 Å². The average Bonchev–Trinajstić information content (AvgIpc) is 2.69. The molecule has 0 radical (unpaired) electrons. The van der Waals surface area contributed by atoms with Gasteiger partial charge in [0.1, 0.15) is 5.82 Å². The summed E-state index contributed by atoms with van der Waals surface area (Å²) in [5, 5.41) is 3.78. The molecule has 1 aliphatic rings. The summed E-state index contributed by atoms with van der Waals surface area (Å²) in [7, 11) is 0. The zero-order chi connectivity index (χ0) is 18.8. The number of amides is 1. The Hall–Kier alpha value is -2.79. The van der Waals surface area contributed by atoms with Gasteiger partial charge in [0, 0.05) is 29.1 Å². The van der Waals surface area contributed by atoms with Crippen LogP contribution in [0.5, 0.6) is 0 Å². The summed E-state index contributed by atoms with van der Waals surface area (Å²) in [5.74, 6) is -0.514. The third-order valence-electron chi connectivity index (χ3n) is 5.19. The smallest absolute Gasteiger partial charge is 0.252 e. The monoisotopic (exact) mass is 363 g/mol. The number of carbonyl (C=O) groups is 1. The highest BCUT2D eigenvalue weighted by Crippen LogP contribution is 2.26. The Morgan fingerprint density at radius 3 is 2.52 bits per heavy atom. The van der Waals surface area contributed by atoms with Crippen LogP contribution in [0.3, 0.4) is 0 Å². The molecule has 1 amide bonds. The Labute approximate surface area is 157 Å². The van der Waals surface area contributed by atoms with Crippen LogP contribution in [0.1, 0.15) is 36.0 Å². The van der Waals surface area contributed by atoms with E-state index in [1.165, 1.54) is 12.1 Å². The lowest BCUT2D eigenvalue weighted by Gasteiger charge is -2.27. The molecule has 1 saturated carbocycles. The molecule has 3 N–H and O–H groups in total. The van der Waals surface area contributed by atoms with Crippen LogP contribution < -0.4 is 11.1 Å². The molecule has 0 unspecified atom stereocenters. The van der Waals surface area contributed by atoms with Crippen LogP contribution in [0.2, 0.25) is 0 Å². The van der Waals surface area contributed by atoms with Crippen molar-refractivity contribution in [3.63, 3.8) is 0 Å². The van der Waals surface area contributed by atoms with Gasteiger partial charge in [0.2, 0.25) is 0 Å². The zero-order valence-electron chi connectivity index (χ0n) is 15.0. The molecule has 5 heteroatoms. The van der Waals surface area contributed by atoms with E-state index in [2.05, 4.69) is 10.3 Å². The van der Waals surface area contributed by atoms with E-state index >= 15 is 0 Å². The number of carbonyl (C=O) groups excluding carboxylic acids is 1. The van der Waals surface area contributed by atoms with Crippen LogP contribution in [0.25, 0.3) is 22.2 Å². The second-order valence-electron chi connectivity index (χ2n) is 7.17. The quantitative estimate of drug-likeness (QED) is 0.738. The van der Waals surface area contributed by atoms with Gasteiger partial charge >= 0.3 is 0 Å². The van der Waals surface area contributed by atoms with Crippen molar-refractivity contribution in [2.75, 3.05) is 0 Å². The summed E-state index contributed by atoms with van der Waals surface area (Å²) in [6.45, 7) is 0. The maximum atomic E-state index is 13.8. The summed E-state index contributed by atoms with van der Waals surface area (Å²) in [6, 6.07) is 16.1. The van der Waals surface area contributed by atoms with E-state index in [1.54, 1.807) is 12.1 Å². The first-order chi connectivity index (χ1) is 13.1. The lowest BCUT2D eigenvalue weighted by Crippen LogP contribution is -2.40.